The van der Waals surface area contributed by atoms with Gasteiger partial charge in [-0.05, 0) is 12.1 Å². The molecule has 1 saturated heterocycles. The van der Waals surface area contributed by atoms with Crippen molar-refractivity contribution >= 4 is 29.1 Å². The standard InChI is InChI=1S/C12H12N4O5/c1-13-7-2-3-9(16(20)21)8(4-7)12(19)15-5-10(17)14-11(18)6-15/h2-4,13H,5-6H2,1H3,(H,14,17,18). The van der Waals surface area contributed by atoms with Crippen molar-refractivity contribution in [3.05, 3.63) is 33.9 Å². The first-order valence-corrected chi connectivity index (χ1v) is 6.00. The van der Waals surface area contributed by atoms with E-state index in [0.29, 0.717) is 5.69 Å². The van der Waals surface area contributed by atoms with E-state index < -0.39 is 22.6 Å². The molecule has 110 valence electrons. The van der Waals surface area contributed by atoms with Gasteiger partial charge in [-0.3, -0.25) is 29.8 Å². The van der Waals surface area contributed by atoms with Crippen molar-refractivity contribution in [1.29, 1.82) is 0 Å². The quantitative estimate of drug-likeness (QED) is 0.449. The van der Waals surface area contributed by atoms with Gasteiger partial charge < -0.3 is 10.2 Å². The largest absolute Gasteiger partial charge is 0.388 e. The maximum atomic E-state index is 12.3. The lowest BCUT2D eigenvalue weighted by atomic mass is 10.1. The average Bonchev–Trinajstić information content (AvgIpc) is 2.44. The molecule has 1 aliphatic heterocycles. The highest BCUT2D eigenvalue weighted by Crippen LogP contribution is 2.24. The molecule has 0 bridgehead atoms. The third kappa shape index (κ3) is 2.96. The molecule has 1 fully saturated rings. The Balaban J connectivity index is 2.39. The Hall–Kier alpha value is -2.97. The normalized spacial score (nSPS) is 14.6. The summed E-state index contributed by atoms with van der Waals surface area (Å²) in [6.45, 7) is -0.628. The van der Waals surface area contributed by atoms with Gasteiger partial charge in [-0.25, -0.2) is 0 Å². The Labute approximate surface area is 119 Å². The van der Waals surface area contributed by atoms with E-state index in [1.165, 1.54) is 18.2 Å². The van der Waals surface area contributed by atoms with Gasteiger partial charge in [0.15, 0.2) is 0 Å². The SMILES string of the molecule is CNc1ccc([N+](=O)[O-])c(C(=O)N2CC(=O)NC(=O)C2)c1. The molecule has 0 unspecified atom stereocenters. The molecule has 0 saturated carbocycles. The van der Waals surface area contributed by atoms with E-state index in [1.807, 2.05) is 0 Å². The molecular formula is C12H12N4O5. The second kappa shape index (κ2) is 5.57. The highest BCUT2D eigenvalue weighted by molar-refractivity contribution is 6.07. The molecule has 9 nitrogen and oxygen atoms in total. The van der Waals surface area contributed by atoms with Gasteiger partial charge in [0.25, 0.3) is 11.6 Å². The van der Waals surface area contributed by atoms with Crippen LogP contribution < -0.4 is 10.6 Å². The van der Waals surface area contributed by atoms with Crippen LogP contribution in [0.5, 0.6) is 0 Å². The Morgan fingerprint density at radius 1 is 1.33 bits per heavy atom. The van der Waals surface area contributed by atoms with Crippen LogP contribution in [-0.4, -0.2) is 47.7 Å². The first kappa shape index (κ1) is 14.4. The molecule has 2 N–H and O–H groups in total. The van der Waals surface area contributed by atoms with E-state index in [-0.39, 0.29) is 24.3 Å². The zero-order valence-electron chi connectivity index (χ0n) is 11.1. The zero-order valence-corrected chi connectivity index (χ0v) is 11.1. The number of benzene rings is 1. The predicted octanol–water partition coefficient (Wildman–Crippen LogP) is -0.265. The molecule has 9 heteroatoms. The minimum absolute atomic E-state index is 0.172. The van der Waals surface area contributed by atoms with Crippen LogP contribution in [-0.2, 0) is 9.59 Å². The minimum atomic E-state index is -0.734. The topological polar surface area (TPSA) is 122 Å². The average molecular weight is 292 g/mol. The fourth-order valence-electron chi connectivity index (χ4n) is 1.97. The molecule has 21 heavy (non-hydrogen) atoms. The van der Waals surface area contributed by atoms with Crippen molar-refractivity contribution in [2.24, 2.45) is 0 Å². The molecule has 1 aromatic rings. The highest BCUT2D eigenvalue weighted by Gasteiger charge is 2.31. The number of carbonyl (C=O) groups is 3. The van der Waals surface area contributed by atoms with E-state index >= 15 is 0 Å². The number of nitrogens with zero attached hydrogens (tertiary/aromatic N) is 2. The fraction of sp³-hybridized carbons (Fsp3) is 0.250. The lowest BCUT2D eigenvalue weighted by Crippen LogP contribution is -2.53. The summed E-state index contributed by atoms with van der Waals surface area (Å²) in [5.41, 5.74) is -0.0384. The number of imide groups is 1. The molecule has 0 atom stereocenters. The third-order valence-electron chi connectivity index (χ3n) is 2.95. The summed E-state index contributed by atoms with van der Waals surface area (Å²) < 4.78 is 0. The predicted molar refractivity (Wildman–Crippen MR) is 71.7 cm³/mol. The van der Waals surface area contributed by atoms with Crippen molar-refractivity contribution < 1.29 is 19.3 Å². The number of hydrogen-bond donors (Lipinski definition) is 2. The van der Waals surface area contributed by atoms with Gasteiger partial charge in [0, 0.05) is 18.8 Å². The van der Waals surface area contributed by atoms with Crippen LogP contribution in [0.1, 0.15) is 10.4 Å². The summed E-state index contributed by atoms with van der Waals surface area (Å²) >= 11 is 0. The van der Waals surface area contributed by atoms with Crippen LogP contribution in [0.4, 0.5) is 11.4 Å². The summed E-state index contributed by atoms with van der Waals surface area (Å²) in [6, 6.07) is 3.98. The van der Waals surface area contributed by atoms with Gasteiger partial charge in [0.1, 0.15) is 18.7 Å². The van der Waals surface area contributed by atoms with Crippen LogP contribution in [0, 0.1) is 10.1 Å². The Bertz CT molecular complexity index is 627. The van der Waals surface area contributed by atoms with Crippen LogP contribution in [0.15, 0.2) is 18.2 Å². The molecule has 1 aromatic carbocycles. The van der Waals surface area contributed by atoms with E-state index in [9.17, 15) is 24.5 Å². The first-order chi connectivity index (χ1) is 9.92. The monoisotopic (exact) mass is 292 g/mol. The van der Waals surface area contributed by atoms with E-state index in [4.69, 9.17) is 0 Å². The van der Waals surface area contributed by atoms with Crippen molar-refractivity contribution in [2.75, 3.05) is 25.5 Å². The molecule has 0 aromatic heterocycles. The molecular weight excluding hydrogens is 280 g/mol. The van der Waals surface area contributed by atoms with Gasteiger partial charge in [0.2, 0.25) is 11.8 Å². The Morgan fingerprint density at radius 3 is 2.48 bits per heavy atom. The van der Waals surface area contributed by atoms with Crippen LogP contribution >= 0.6 is 0 Å². The summed E-state index contributed by atoms with van der Waals surface area (Å²) in [4.78, 5) is 46.2. The molecule has 2 rings (SSSR count). The Morgan fingerprint density at radius 2 is 1.95 bits per heavy atom. The van der Waals surface area contributed by atoms with Gasteiger partial charge in [-0.15, -0.1) is 0 Å². The number of nitro benzene ring substituents is 1. The summed E-state index contributed by atoms with van der Waals surface area (Å²) in [7, 11) is 1.60. The van der Waals surface area contributed by atoms with E-state index in [0.717, 1.165) is 4.90 Å². The van der Waals surface area contributed by atoms with Gasteiger partial charge in [-0.1, -0.05) is 0 Å². The van der Waals surface area contributed by atoms with E-state index in [1.54, 1.807) is 7.05 Å². The molecule has 0 radical (unpaired) electrons. The number of amides is 3. The second-order valence-electron chi connectivity index (χ2n) is 4.37. The fourth-order valence-corrected chi connectivity index (χ4v) is 1.97. The van der Waals surface area contributed by atoms with Crippen molar-refractivity contribution in [1.82, 2.24) is 10.2 Å². The van der Waals surface area contributed by atoms with Crippen LogP contribution in [0.2, 0.25) is 0 Å². The van der Waals surface area contributed by atoms with Crippen molar-refractivity contribution in [3.8, 4) is 0 Å². The molecule has 0 aliphatic carbocycles. The molecule has 0 spiro atoms. The lowest BCUT2D eigenvalue weighted by Gasteiger charge is -2.25. The molecule has 1 aliphatic rings. The number of carbonyl (C=O) groups excluding carboxylic acids is 3. The number of nitrogens with one attached hydrogen (secondary N) is 2. The summed E-state index contributed by atoms with van der Waals surface area (Å²) in [6.07, 6.45) is 0. The van der Waals surface area contributed by atoms with Gasteiger partial charge in [-0.2, -0.15) is 0 Å². The maximum Gasteiger partial charge on any atom is 0.282 e. The van der Waals surface area contributed by atoms with Crippen LogP contribution in [0.3, 0.4) is 0 Å². The number of anilines is 1. The lowest BCUT2D eigenvalue weighted by molar-refractivity contribution is -0.385. The smallest absolute Gasteiger partial charge is 0.282 e. The second-order valence-corrected chi connectivity index (χ2v) is 4.37. The maximum absolute atomic E-state index is 12.3. The Kier molecular flexibility index (Phi) is 3.83. The van der Waals surface area contributed by atoms with Gasteiger partial charge in [0.05, 0.1) is 4.92 Å². The molecule has 1 heterocycles. The number of nitro groups is 1. The third-order valence-corrected chi connectivity index (χ3v) is 2.95. The molecule has 3 amide bonds. The number of piperazine rings is 1. The highest BCUT2D eigenvalue weighted by atomic mass is 16.6. The first-order valence-electron chi connectivity index (χ1n) is 6.00. The summed E-state index contributed by atoms with van der Waals surface area (Å²) in [5.74, 6) is -1.97. The van der Waals surface area contributed by atoms with Crippen molar-refractivity contribution in [3.63, 3.8) is 0 Å². The minimum Gasteiger partial charge on any atom is -0.388 e. The number of rotatable bonds is 3. The van der Waals surface area contributed by atoms with Crippen molar-refractivity contribution in [2.45, 2.75) is 0 Å². The van der Waals surface area contributed by atoms with E-state index in [2.05, 4.69) is 10.6 Å². The summed E-state index contributed by atoms with van der Waals surface area (Å²) in [5, 5.41) is 15.8. The van der Waals surface area contributed by atoms with Gasteiger partial charge >= 0.3 is 0 Å². The number of hydrogen-bond acceptors (Lipinski definition) is 6. The zero-order chi connectivity index (χ0) is 15.6. The van der Waals surface area contributed by atoms with Crippen LogP contribution in [0.25, 0.3) is 0 Å².